The van der Waals surface area contributed by atoms with E-state index >= 15 is 0 Å². The molecule has 3 rings (SSSR count). The first kappa shape index (κ1) is 9.85. The highest BCUT2D eigenvalue weighted by Gasteiger charge is 2.01. The zero-order valence-corrected chi connectivity index (χ0v) is 9.32. The molecule has 82 valence electrons. The van der Waals surface area contributed by atoms with Crippen molar-refractivity contribution in [3.05, 3.63) is 73.1 Å². The molecule has 0 atom stereocenters. The lowest BCUT2D eigenvalue weighted by Crippen LogP contribution is -1.92. The molecule has 0 radical (unpaired) electrons. The van der Waals surface area contributed by atoms with E-state index < -0.39 is 0 Å². The molecular formula is C15H12N2. The van der Waals surface area contributed by atoms with Crippen molar-refractivity contribution in [1.82, 2.24) is 9.78 Å². The summed E-state index contributed by atoms with van der Waals surface area (Å²) >= 11 is 0. The van der Waals surface area contributed by atoms with Crippen molar-refractivity contribution in [2.24, 2.45) is 0 Å². The Bertz CT molecular complexity index is 543. The summed E-state index contributed by atoms with van der Waals surface area (Å²) in [5, 5.41) is 4.38. The van der Waals surface area contributed by atoms with Crippen LogP contribution < -0.4 is 0 Å². The van der Waals surface area contributed by atoms with Crippen molar-refractivity contribution in [2.75, 3.05) is 0 Å². The molecular weight excluding hydrogens is 208 g/mol. The van der Waals surface area contributed by atoms with E-state index in [1.54, 1.807) is 0 Å². The lowest BCUT2D eigenvalue weighted by molar-refractivity contribution is 0.881. The summed E-state index contributed by atoms with van der Waals surface area (Å²) in [5.41, 5.74) is 3.40. The quantitative estimate of drug-likeness (QED) is 0.646. The van der Waals surface area contributed by atoms with Crippen LogP contribution in [0.3, 0.4) is 0 Å². The zero-order chi connectivity index (χ0) is 11.5. The second-order valence-electron chi connectivity index (χ2n) is 3.88. The average Bonchev–Trinajstić information content (AvgIpc) is 2.90. The van der Waals surface area contributed by atoms with Crippen LogP contribution in [-0.2, 0) is 0 Å². The summed E-state index contributed by atoms with van der Waals surface area (Å²) in [5.74, 6) is 0. The van der Waals surface area contributed by atoms with Crippen LogP contribution in [0.1, 0.15) is 0 Å². The standard InChI is InChI=1S/C15H12N2/c1-3-7-13(8-4-1)14-11-16-17(12-14)15-9-5-2-6-10-15/h1-12H. The Morgan fingerprint density at radius 1 is 0.706 bits per heavy atom. The number of rotatable bonds is 2. The highest BCUT2D eigenvalue weighted by Crippen LogP contribution is 2.19. The Balaban J connectivity index is 1.99. The molecule has 1 heterocycles. The molecule has 0 saturated carbocycles. The van der Waals surface area contributed by atoms with Crippen molar-refractivity contribution in [1.29, 1.82) is 0 Å². The summed E-state index contributed by atoms with van der Waals surface area (Å²) in [6.07, 6.45) is 3.94. The molecule has 0 N–H and O–H groups in total. The van der Waals surface area contributed by atoms with E-state index in [2.05, 4.69) is 17.2 Å². The van der Waals surface area contributed by atoms with Crippen LogP contribution in [0.5, 0.6) is 0 Å². The summed E-state index contributed by atoms with van der Waals surface area (Å²) in [6.45, 7) is 0. The molecule has 17 heavy (non-hydrogen) atoms. The third-order valence-electron chi connectivity index (χ3n) is 2.71. The summed E-state index contributed by atoms with van der Waals surface area (Å²) in [7, 11) is 0. The molecule has 0 bridgehead atoms. The van der Waals surface area contributed by atoms with Crippen LogP contribution in [0.25, 0.3) is 16.8 Å². The highest BCUT2D eigenvalue weighted by molar-refractivity contribution is 5.61. The second-order valence-corrected chi connectivity index (χ2v) is 3.88. The maximum Gasteiger partial charge on any atom is 0.0645 e. The summed E-state index contributed by atoms with van der Waals surface area (Å²) in [4.78, 5) is 0. The highest BCUT2D eigenvalue weighted by atomic mass is 15.3. The van der Waals surface area contributed by atoms with Gasteiger partial charge < -0.3 is 0 Å². The monoisotopic (exact) mass is 220 g/mol. The van der Waals surface area contributed by atoms with Gasteiger partial charge in [0, 0.05) is 11.8 Å². The normalized spacial score (nSPS) is 10.4. The topological polar surface area (TPSA) is 17.8 Å². The van der Waals surface area contributed by atoms with Gasteiger partial charge in [-0.3, -0.25) is 0 Å². The van der Waals surface area contributed by atoms with E-state index in [1.165, 1.54) is 5.56 Å². The fourth-order valence-electron chi connectivity index (χ4n) is 1.82. The molecule has 0 unspecified atom stereocenters. The van der Waals surface area contributed by atoms with Crippen LogP contribution >= 0.6 is 0 Å². The fraction of sp³-hybridized carbons (Fsp3) is 0. The largest absolute Gasteiger partial charge is 0.240 e. The van der Waals surface area contributed by atoms with Crippen molar-refractivity contribution in [2.45, 2.75) is 0 Å². The predicted molar refractivity (Wildman–Crippen MR) is 69.0 cm³/mol. The third-order valence-corrected chi connectivity index (χ3v) is 2.71. The maximum absolute atomic E-state index is 4.38. The van der Waals surface area contributed by atoms with Crippen LogP contribution in [-0.4, -0.2) is 9.78 Å². The number of hydrogen-bond donors (Lipinski definition) is 0. The Labute approximate surface area is 100 Å². The van der Waals surface area contributed by atoms with Crippen LogP contribution in [0.4, 0.5) is 0 Å². The maximum atomic E-state index is 4.38. The van der Waals surface area contributed by atoms with Gasteiger partial charge in [-0.25, -0.2) is 4.68 Å². The minimum atomic E-state index is 1.08. The van der Waals surface area contributed by atoms with Gasteiger partial charge in [0.2, 0.25) is 0 Å². The lowest BCUT2D eigenvalue weighted by Gasteiger charge is -1.99. The minimum Gasteiger partial charge on any atom is -0.240 e. The first-order valence-corrected chi connectivity index (χ1v) is 5.59. The smallest absolute Gasteiger partial charge is 0.0645 e. The molecule has 0 saturated heterocycles. The minimum absolute atomic E-state index is 1.08. The molecule has 0 amide bonds. The van der Waals surface area contributed by atoms with E-state index in [4.69, 9.17) is 0 Å². The van der Waals surface area contributed by atoms with E-state index in [-0.39, 0.29) is 0 Å². The van der Waals surface area contributed by atoms with E-state index in [0.29, 0.717) is 0 Å². The Morgan fingerprint density at radius 3 is 2.06 bits per heavy atom. The summed E-state index contributed by atoms with van der Waals surface area (Å²) in [6, 6.07) is 20.4. The molecule has 0 aliphatic heterocycles. The number of aromatic nitrogens is 2. The van der Waals surface area contributed by atoms with Gasteiger partial charge in [-0.05, 0) is 17.7 Å². The Hall–Kier alpha value is -2.35. The van der Waals surface area contributed by atoms with Crippen LogP contribution in [0.2, 0.25) is 0 Å². The summed E-state index contributed by atoms with van der Waals surface area (Å²) < 4.78 is 1.89. The van der Waals surface area contributed by atoms with Crippen molar-refractivity contribution >= 4 is 0 Å². The number of hydrogen-bond acceptors (Lipinski definition) is 1. The van der Waals surface area contributed by atoms with Crippen molar-refractivity contribution < 1.29 is 0 Å². The molecule has 3 aromatic rings. The van der Waals surface area contributed by atoms with Gasteiger partial charge in [0.05, 0.1) is 11.9 Å². The Kier molecular flexibility index (Phi) is 2.47. The van der Waals surface area contributed by atoms with E-state index in [1.807, 2.05) is 65.6 Å². The average molecular weight is 220 g/mol. The molecule has 0 fully saturated rings. The van der Waals surface area contributed by atoms with Crippen molar-refractivity contribution in [3.63, 3.8) is 0 Å². The van der Waals surface area contributed by atoms with Gasteiger partial charge >= 0.3 is 0 Å². The van der Waals surface area contributed by atoms with Gasteiger partial charge in [0.1, 0.15) is 0 Å². The molecule has 0 spiro atoms. The lowest BCUT2D eigenvalue weighted by atomic mass is 10.1. The molecule has 1 aromatic heterocycles. The second kappa shape index (κ2) is 4.26. The third kappa shape index (κ3) is 1.97. The number of para-hydroxylation sites is 1. The van der Waals surface area contributed by atoms with Gasteiger partial charge in [-0.2, -0.15) is 5.10 Å². The van der Waals surface area contributed by atoms with E-state index in [9.17, 15) is 0 Å². The van der Waals surface area contributed by atoms with Gasteiger partial charge in [0.15, 0.2) is 0 Å². The van der Waals surface area contributed by atoms with E-state index in [0.717, 1.165) is 11.3 Å². The van der Waals surface area contributed by atoms with Crippen molar-refractivity contribution in [3.8, 4) is 16.8 Å². The molecule has 0 aliphatic rings. The van der Waals surface area contributed by atoms with Gasteiger partial charge in [-0.15, -0.1) is 0 Å². The van der Waals surface area contributed by atoms with Crippen LogP contribution in [0, 0.1) is 0 Å². The first-order chi connectivity index (χ1) is 8.43. The number of benzene rings is 2. The fourth-order valence-corrected chi connectivity index (χ4v) is 1.82. The predicted octanol–water partition coefficient (Wildman–Crippen LogP) is 3.54. The molecule has 2 nitrogen and oxygen atoms in total. The number of nitrogens with zero attached hydrogens (tertiary/aromatic N) is 2. The SMILES string of the molecule is c1ccc(-c2cnn(-c3ccccc3)c2)cc1. The van der Waals surface area contributed by atoms with Gasteiger partial charge in [-0.1, -0.05) is 48.5 Å². The Morgan fingerprint density at radius 2 is 1.35 bits per heavy atom. The first-order valence-electron chi connectivity index (χ1n) is 5.59. The molecule has 2 heteroatoms. The zero-order valence-electron chi connectivity index (χ0n) is 9.32. The molecule has 0 aliphatic carbocycles. The van der Waals surface area contributed by atoms with Gasteiger partial charge in [0.25, 0.3) is 0 Å². The van der Waals surface area contributed by atoms with Crippen LogP contribution in [0.15, 0.2) is 73.1 Å². The molecule has 2 aromatic carbocycles.